The first kappa shape index (κ1) is 15.2. The van der Waals surface area contributed by atoms with E-state index in [0.717, 1.165) is 5.56 Å². The fourth-order valence-electron chi connectivity index (χ4n) is 1.88. The summed E-state index contributed by atoms with van der Waals surface area (Å²) in [5.41, 5.74) is 1.01. The molecular formula is C15H20N2O4. The quantitative estimate of drug-likeness (QED) is 0.832. The van der Waals surface area contributed by atoms with Gasteiger partial charge in [0, 0.05) is 0 Å². The molecule has 1 heterocycles. The second-order valence-corrected chi connectivity index (χ2v) is 6.00. The monoisotopic (exact) mass is 292 g/mol. The molecule has 114 valence electrons. The maximum absolute atomic E-state index is 12.1. The molecule has 1 aromatic rings. The Morgan fingerprint density at radius 1 is 1.43 bits per heavy atom. The molecule has 0 aromatic heterocycles. The third-order valence-electron chi connectivity index (χ3n) is 2.81. The van der Waals surface area contributed by atoms with Crippen LogP contribution in [0.15, 0.2) is 18.2 Å². The van der Waals surface area contributed by atoms with Gasteiger partial charge >= 0.3 is 6.09 Å². The van der Waals surface area contributed by atoms with Gasteiger partial charge in [-0.15, -0.1) is 0 Å². The Morgan fingerprint density at radius 2 is 2.14 bits per heavy atom. The van der Waals surface area contributed by atoms with Crippen LogP contribution in [0.4, 0.5) is 10.5 Å². The van der Waals surface area contributed by atoms with Crippen LogP contribution in [0.25, 0.3) is 0 Å². The van der Waals surface area contributed by atoms with E-state index < -0.39 is 17.7 Å². The van der Waals surface area contributed by atoms with Crippen molar-refractivity contribution in [1.29, 1.82) is 0 Å². The van der Waals surface area contributed by atoms with Gasteiger partial charge in [-0.1, -0.05) is 6.07 Å². The average Bonchev–Trinajstić information content (AvgIpc) is 2.48. The Kier molecular flexibility index (Phi) is 4.06. The van der Waals surface area contributed by atoms with Gasteiger partial charge in [-0.2, -0.15) is 0 Å². The molecule has 6 heteroatoms. The Morgan fingerprint density at radius 3 is 2.81 bits per heavy atom. The number of nitrogens with one attached hydrogen (secondary N) is 2. The molecule has 21 heavy (non-hydrogen) atoms. The van der Waals surface area contributed by atoms with Crippen LogP contribution in [0.1, 0.15) is 26.3 Å². The van der Waals surface area contributed by atoms with Crippen molar-refractivity contribution < 1.29 is 19.1 Å². The SMILES string of the molecule is Cc1ccc2c(c1)OCC(NC(=O)OC(C)(C)C)C(=O)N2. The lowest BCUT2D eigenvalue weighted by Crippen LogP contribution is -2.48. The van der Waals surface area contributed by atoms with E-state index in [4.69, 9.17) is 9.47 Å². The number of benzene rings is 1. The Bertz CT molecular complexity index is 563. The number of carbonyl (C=O) groups is 2. The number of hydrogen-bond acceptors (Lipinski definition) is 4. The number of fused-ring (bicyclic) bond motifs is 1. The van der Waals surface area contributed by atoms with Crippen LogP contribution in [0.5, 0.6) is 5.75 Å². The first-order valence-corrected chi connectivity index (χ1v) is 6.78. The van der Waals surface area contributed by atoms with Gasteiger partial charge in [-0.3, -0.25) is 4.79 Å². The maximum Gasteiger partial charge on any atom is 0.408 e. The summed E-state index contributed by atoms with van der Waals surface area (Å²) in [6, 6.07) is 4.70. The summed E-state index contributed by atoms with van der Waals surface area (Å²) < 4.78 is 10.7. The molecule has 2 N–H and O–H groups in total. The summed E-state index contributed by atoms with van der Waals surface area (Å²) in [7, 11) is 0. The molecule has 0 fully saturated rings. The zero-order valence-electron chi connectivity index (χ0n) is 12.6. The molecule has 0 spiro atoms. The standard InChI is InChI=1S/C15H20N2O4/c1-9-5-6-10-12(7-9)20-8-11(13(18)16-10)17-14(19)21-15(2,3)4/h5-7,11H,8H2,1-4H3,(H,16,18)(H,17,19). The number of hydrogen-bond donors (Lipinski definition) is 2. The zero-order valence-corrected chi connectivity index (χ0v) is 12.6. The summed E-state index contributed by atoms with van der Waals surface area (Å²) in [6.45, 7) is 7.27. The molecule has 0 radical (unpaired) electrons. The lowest BCUT2D eigenvalue weighted by molar-refractivity contribution is -0.118. The molecule has 0 saturated heterocycles. The van der Waals surface area contributed by atoms with E-state index in [0.29, 0.717) is 11.4 Å². The van der Waals surface area contributed by atoms with Gasteiger partial charge in [0.25, 0.3) is 5.91 Å². The zero-order chi connectivity index (χ0) is 15.6. The van der Waals surface area contributed by atoms with Crippen molar-refractivity contribution in [3.8, 4) is 5.75 Å². The minimum Gasteiger partial charge on any atom is -0.489 e. The molecule has 2 amide bonds. The van der Waals surface area contributed by atoms with E-state index in [1.54, 1.807) is 26.8 Å². The number of ether oxygens (including phenoxy) is 2. The van der Waals surface area contributed by atoms with Crippen molar-refractivity contribution in [3.05, 3.63) is 23.8 Å². The minimum atomic E-state index is -0.799. The number of aryl methyl sites for hydroxylation is 1. The van der Waals surface area contributed by atoms with Crippen LogP contribution >= 0.6 is 0 Å². The average molecular weight is 292 g/mol. The van der Waals surface area contributed by atoms with Crippen LogP contribution in [0.2, 0.25) is 0 Å². The van der Waals surface area contributed by atoms with Crippen LogP contribution < -0.4 is 15.4 Å². The van der Waals surface area contributed by atoms with Gasteiger partial charge in [0.05, 0.1) is 5.69 Å². The Hall–Kier alpha value is -2.24. The fraction of sp³-hybridized carbons (Fsp3) is 0.467. The van der Waals surface area contributed by atoms with Crippen LogP contribution in [0.3, 0.4) is 0 Å². The molecule has 1 aliphatic heterocycles. The lowest BCUT2D eigenvalue weighted by Gasteiger charge is -2.22. The highest BCUT2D eigenvalue weighted by Crippen LogP contribution is 2.27. The van der Waals surface area contributed by atoms with E-state index in [1.165, 1.54) is 0 Å². The van der Waals surface area contributed by atoms with Crippen molar-refractivity contribution in [2.45, 2.75) is 39.3 Å². The van der Waals surface area contributed by atoms with E-state index in [1.807, 2.05) is 19.1 Å². The molecule has 1 aliphatic rings. The molecule has 0 aliphatic carbocycles. The Balaban J connectivity index is 2.05. The van der Waals surface area contributed by atoms with Gasteiger partial charge in [0.2, 0.25) is 0 Å². The van der Waals surface area contributed by atoms with Gasteiger partial charge in [-0.05, 0) is 45.4 Å². The molecular weight excluding hydrogens is 272 g/mol. The fourth-order valence-corrected chi connectivity index (χ4v) is 1.88. The van der Waals surface area contributed by atoms with Crippen molar-refractivity contribution in [1.82, 2.24) is 5.32 Å². The third kappa shape index (κ3) is 4.11. The molecule has 1 aromatic carbocycles. The maximum atomic E-state index is 12.1. The van der Waals surface area contributed by atoms with Crippen LogP contribution in [-0.2, 0) is 9.53 Å². The molecule has 0 bridgehead atoms. The van der Waals surface area contributed by atoms with Crippen LogP contribution in [0, 0.1) is 6.92 Å². The molecule has 2 rings (SSSR count). The third-order valence-corrected chi connectivity index (χ3v) is 2.81. The normalized spacial score (nSPS) is 17.9. The van der Waals surface area contributed by atoms with Crippen LogP contribution in [-0.4, -0.2) is 30.3 Å². The number of rotatable bonds is 1. The molecule has 6 nitrogen and oxygen atoms in total. The van der Waals surface area contributed by atoms with Crippen molar-refractivity contribution in [2.24, 2.45) is 0 Å². The van der Waals surface area contributed by atoms with E-state index in [2.05, 4.69) is 10.6 Å². The molecule has 0 saturated carbocycles. The van der Waals surface area contributed by atoms with Gasteiger partial charge in [0.15, 0.2) is 0 Å². The summed E-state index contributed by atoms with van der Waals surface area (Å²) in [5.74, 6) is 0.264. The number of carbonyl (C=O) groups excluding carboxylic acids is 2. The Labute approximate surface area is 123 Å². The lowest BCUT2D eigenvalue weighted by atomic mass is 10.2. The van der Waals surface area contributed by atoms with E-state index in [9.17, 15) is 9.59 Å². The van der Waals surface area contributed by atoms with Crippen molar-refractivity contribution in [3.63, 3.8) is 0 Å². The highest BCUT2D eigenvalue weighted by atomic mass is 16.6. The van der Waals surface area contributed by atoms with Gasteiger partial charge < -0.3 is 20.1 Å². The number of amides is 2. The molecule has 1 atom stereocenters. The van der Waals surface area contributed by atoms with Gasteiger partial charge in [-0.25, -0.2) is 4.79 Å². The van der Waals surface area contributed by atoms with Crippen molar-refractivity contribution in [2.75, 3.05) is 11.9 Å². The number of anilines is 1. The highest BCUT2D eigenvalue weighted by Gasteiger charge is 2.28. The second-order valence-electron chi connectivity index (χ2n) is 6.00. The van der Waals surface area contributed by atoms with Gasteiger partial charge in [0.1, 0.15) is 24.0 Å². The predicted octanol–water partition coefficient (Wildman–Crippen LogP) is 2.22. The second kappa shape index (κ2) is 5.63. The summed E-state index contributed by atoms with van der Waals surface area (Å²) in [4.78, 5) is 23.8. The largest absolute Gasteiger partial charge is 0.489 e. The smallest absolute Gasteiger partial charge is 0.408 e. The summed E-state index contributed by atoms with van der Waals surface area (Å²) in [5, 5.41) is 5.25. The topological polar surface area (TPSA) is 76.7 Å². The first-order chi connectivity index (χ1) is 9.74. The summed E-state index contributed by atoms with van der Waals surface area (Å²) in [6.07, 6.45) is -0.645. The first-order valence-electron chi connectivity index (χ1n) is 6.78. The van der Waals surface area contributed by atoms with E-state index >= 15 is 0 Å². The van der Waals surface area contributed by atoms with Crippen molar-refractivity contribution >= 4 is 17.7 Å². The summed E-state index contributed by atoms with van der Waals surface area (Å²) >= 11 is 0. The number of alkyl carbamates (subject to hydrolysis) is 1. The molecule has 1 unspecified atom stereocenters. The predicted molar refractivity (Wildman–Crippen MR) is 78.5 cm³/mol. The highest BCUT2D eigenvalue weighted by molar-refractivity contribution is 5.98. The van der Waals surface area contributed by atoms with E-state index in [-0.39, 0.29) is 12.5 Å². The minimum absolute atomic E-state index is 0.0571.